The third kappa shape index (κ3) is 2.92. The highest BCUT2D eigenvalue weighted by Crippen LogP contribution is 2.32. The SMILES string of the molecule is Brc1csc(CN=C2NC3(CCOCC3)CS2)c1. The van der Waals surface area contributed by atoms with Crippen LogP contribution in [0.1, 0.15) is 17.7 Å². The number of hydrogen-bond donors (Lipinski definition) is 1. The zero-order valence-electron chi connectivity index (χ0n) is 9.95. The number of ether oxygens (including phenoxy) is 1. The van der Waals surface area contributed by atoms with E-state index < -0.39 is 0 Å². The maximum Gasteiger partial charge on any atom is 0.157 e. The Labute approximate surface area is 124 Å². The number of nitrogens with zero attached hydrogens (tertiary/aromatic N) is 1. The lowest BCUT2D eigenvalue weighted by molar-refractivity contribution is 0.0555. The Hall–Kier alpha value is -0.0400. The molecule has 1 spiro atoms. The molecule has 1 aromatic heterocycles. The quantitative estimate of drug-likeness (QED) is 0.892. The zero-order valence-corrected chi connectivity index (χ0v) is 13.2. The summed E-state index contributed by atoms with van der Waals surface area (Å²) in [5.41, 5.74) is 0.248. The largest absolute Gasteiger partial charge is 0.381 e. The minimum Gasteiger partial charge on any atom is -0.381 e. The van der Waals surface area contributed by atoms with E-state index in [1.54, 1.807) is 11.3 Å². The van der Waals surface area contributed by atoms with Crippen molar-refractivity contribution >= 4 is 44.2 Å². The third-order valence-electron chi connectivity index (χ3n) is 3.31. The van der Waals surface area contributed by atoms with Crippen molar-refractivity contribution < 1.29 is 4.74 Å². The molecule has 0 amide bonds. The van der Waals surface area contributed by atoms with Crippen LogP contribution in [0.15, 0.2) is 20.9 Å². The topological polar surface area (TPSA) is 33.6 Å². The van der Waals surface area contributed by atoms with E-state index in [2.05, 4.69) is 37.7 Å². The van der Waals surface area contributed by atoms with Gasteiger partial charge in [0.2, 0.25) is 0 Å². The lowest BCUT2D eigenvalue weighted by Gasteiger charge is -2.32. The monoisotopic (exact) mass is 346 g/mol. The van der Waals surface area contributed by atoms with Crippen LogP contribution in [0.25, 0.3) is 0 Å². The minimum atomic E-state index is 0.248. The van der Waals surface area contributed by atoms with Crippen LogP contribution in [0.3, 0.4) is 0 Å². The molecule has 0 saturated carbocycles. The van der Waals surface area contributed by atoms with E-state index in [4.69, 9.17) is 4.74 Å². The highest BCUT2D eigenvalue weighted by molar-refractivity contribution is 9.10. The van der Waals surface area contributed by atoms with Gasteiger partial charge < -0.3 is 10.1 Å². The summed E-state index contributed by atoms with van der Waals surface area (Å²) in [5, 5.41) is 6.81. The molecular weight excluding hydrogens is 332 g/mol. The zero-order chi connectivity index (χ0) is 12.4. The molecule has 2 saturated heterocycles. The Morgan fingerprint density at radius 2 is 2.28 bits per heavy atom. The summed E-state index contributed by atoms with van der Waals surface area (Å²) in [6, 6.07) is 2.14. The lowest BCUT2D eigenvalue weighted by Crippen LogP contribution is -2.48. The van der Waals surface area contributed by atoms with Gasteiger partial charge in [0.25, 0.3) is 0 Å². The fraction of sp³-hybridized carbons (Fsp3) is 0.583. The van der Waals surface area contributed by atoms with Crippen molar-refractivity contribution in [3.63, 3.8) is 0 Å². The molecule has 1 aromatic rings. The predicted octanol–water partition coefficient (Wildman–Crippen LogP) is 3.25. The van der Waals surface area contributed by atoms with Gasteiger partial charge in [-0.2, -0.15) is 0 Å². The van der Waals surface area contributed by atoms with Crippen molar-refractivity contribution in [2.24, 2.45) is 4.99 Å². The summed E-state index contributed by atoms with van der Waals surface area (Å²) in [4.78, 5) is 5.97. The lowest BCUT2D eigenvalue weighted by atomic mass is 9.93. The summed E-state index contributed by atoms with van der Waals surface area (Å²) in [7, 11) is 0. The fourth-order valence-electron chi connectivity index (χ4n) is 2.21. The number of hydrogen-bond acceptors (Lipinski definition) is 4. The molecular formula is C12H15BrN2OS2. The van der Waals surface area contributed by atoms with Crippen LogP contribution in [0, 0.1) is 0 Å². The Kier molecular flexibility index (Phi) is 3.98. The smallest absolute Gasteiger partial charge is 0.157 e. The van der Waals surface area contributed by atoms with Crippen LogP contribution in [-0.4, -0.2) is 29.7 Å². The van der Waals surface area contributed by atoms with Gasteiger partial charge in [0.15, 0.2) is 5.17 Å². The molecule has 2 aliphatic heterocycles. The van der Waals surface area contributed by atoms with Gasteiger partial charge in [-0.25, -0.2) is 0 Å². The maximum absolute atomic E-state index is 5.43. The van der Waals surface area contributed by atoms with Crippen molar-refractivity contribution in [2.45, 2.75) is 24.9 Å². The normalized spacial score (nSPS) is 24.6. The van der Waals surface area contributed by atoms with E-state index >= 15 is 0 Å². The number of halogens is 1. The number of thiophene rings is 1. The van der Waals surface area contributed by atoms with Crippen LogP contribution in [0.2, 0.25) is 0 Å². The molecule has 0 aliphatic carbocycles. The Balaban J connectivity index is 1.61. The molecule has 0 atom stereocenters. The second kappa shape index (κ2) is 5.53. The first kappa shape index (κ1) is 13.0. The summed E-state index contributed by atoms with van der Waals surface area (Å²) in [5.74, 6) is 1.13. The summed E-state index contributed by atoms with van der Waals surface area (Å²) in [6.07, 6.45) is 2.20. The van der Waals surface area contributed by atoms with Gasteiger partial charge in [-0.15, -0.1) is 11.3 Å². The van der Waals surface area contributed by atoms with E-state index in [1.165, 1.54) is 4.88 Å². The molecule has 0 aromatic carbocycles. The number of thioether (sulfide) groups is 1. The van der Waals surface area contributed by atoms with Crippen LogP contribution in [0.5, 0.6) is 0 Å². The second-order valence-corrected chi connectivity index (χ2v) is 7.53. The van der Waals surface area contributed by atoms with Crippen LogP contribution in [0.4, 0.5) is 0 Å². The number of nitrogens with one attached hydrogen (secondary N) is 1. The first-order valence-corrected chi connectivity index (χ1v) is 8.68. The van der Waals surface area contributed by atoms with Crippen molar-refractivity contribution in [3.8, 4) is 0 Å². The highest BCUT2D eigenvalue weighted by atomic mass is 79.9. The molecule has 3 nitrogen and oxygen atoms in total. The van der Waals surface area contributed by atoms with E-state index in [0.29, 0.717) is 0 Å². The molecule has 3 rings (SSSR count). The van der Waals surface area contributed by atoms with E-state index in [0.717, 1.165) is 48.0 Å². The van der Waals surface area contributed by atoms with Crippen molar-refractivity contribution in [1.82, 2.24) is 5.32 Å². The Morgan fingerprint density at radius 1 is 1.44 bits per heavy atom. The Morgan fingerprint density at radius 3 is 3.00 bits per heavy atom. The molecule has 0 bridgehead atoms. The van der Waals surface area contributed by atoms with Crippen LogP contribution in [-0.2, 0) is 11.3 Å². The molecule has 3 heterocycles. The van der Waals surface area contributed by atoms with Crippen LogP contribution < -0.4 is 5.32 Å². The molecule has 6 heteroatoms. The van der Waals surface area contributed by atoms with Crippen molar-refractivity contribution in [1.29, 1.82) is 0 Å². The molecule has 1 N–H and O–H groups in total. The average molecular weight is 347 g/mol. The van der Waals surface area contributed by atoms with Gasteiger partial charge in [-0.05, 0) is 34.8 Å². The van der Waals surface area contributed by atoms with Crippen molar-refractivity contribution in [3.05, 3.63) is 20.8 Å². The first-order chi connectivity index (χ1) is 8.76. The van der Waals surface area contributed by atoms with Gasteiger partial charge in [-0.1, -0.05) is 11.8 Å². The molecule has 18 heavy (non-hydrogen) atoms. The number of rotatable bonds is 2. The summed E-state index contributed by atoms with van der Waals surface area (Å²) >= 11 is 7.07. The standard InChI is InChI=1S/C12H15BrN2OS2/c13-9-5-10(17-7-9)6-14-11-15-12(8-18-11)1-3-16-4-2-12/h5,7H,1-4,6,8H2,(H,14,15). The van der Waals surface area contributed by atoms with Crippen molar-refractivity contribution in [2.75, 3.05) is 19.0 Å². The highest BCUT2D eigenvalue weighted by Gasteiger charge is 2.38. The van der Waals surface area contributed by atoms with E-state index in [-0.39, 0.29) is 5.54 Å². The van der Waals surface area contributed by atoms with Gasteiger partial charge in [0.1, 0.15) is 0 Å². The van der Waals surface area contributed by atoms with E-state index in [9.17, 15) is 0 Å². The minimum absolute atomic E-state index is 0.248. The number of amidine groups is 1. The summed E-state index contributed by atoms with van der Waals surface area (Å²) < 4.78 is 6.58. The molecule has 0 radical (unpaired) electrons. The average Bonchev–Trinajstić information content (AvgIpc) is 2.96. The van der Waals surface area contributed by atoms with Gasteiger partial charge in [0.05, 0.1) is 12.1 Å². The predicted molar refractivity (Wildman–Crippen MR) is 81.5 cm³/mol. The van der Waals surface area contributed by atoms with Gasteiger partial charge >= 0.3 is 0 Å². The Bertz CT molecular complexity index is 455. The maximum atomic E-state index is 5.43. The molecule has 0 unspecified atom stereocenters. The van der Waals surface area contributed by atoms with Gasteiger partial charge in [0, 0.05) is 33.7 Å². The molecule has 2 aliphatic rings. The fourth-order valence-corrected chi connectivity index (χ4v) is 4.80. The van der Waals surface area contributed by atoms with Crippen LogP contribution >= 0.6 is 39.0 Å². The third-order valence-corrected chi connectivity index (χ3v) is 6.19. The second-order valence-electron chi connectivity index (χ2n) is 4.66. The first-order valence-electron chi connectivity index (χ1n) is 6.02. The molecule has 98 valence electrons. The molecule has 2 fully saturated rings. The van der Waals surface area contributed by atoms with Gasteiger partial charge in [-0.3, -0.25) is 4.99 Å². The number of aliphatic imine (C=N–C) groups is 1. The summed E-state index contributed by atoms with van der Waals surface area (Å²) in [6.45, 7) is 2.52. The van der Waals surface area contributed by atoms with E-state index in [1.807, 2.05) is 11.8 Å².